The summed E-state index contributed by atoms with van der Waals surface area (Å²) < 4.78 is 0. The second kappa shape index (κ2) is 0.866. The Morgan fingerprint density at radius 1 is 1.50 bits per heavy atom. The van der Waals surface area contributed by atoms with Crippen molar-refractivity contribution in [1.82, 2.24) is 0 Å². The molecule has 0 bridgehead atoms. The minimum absolute atomic E-state index is 0.380. The van der Waals surface area contributed by atoms with E-state index in [9.17, 15) is 9.59 Å². The molecule has 0 saturated heterocycles. The molecule has 0 fully saturated rings. The van der Waals surface area contributed by atoms with Crippen LogP contribution in [0.3, 0.4) is 0 Å². The van der Waals surface area contributed by atoms with Crippen LogP contribution in [0.4, 0.5) is 0 Å². The summed E-state index contributed by atoms with van der Waals surface area (Å²) in [7, 11) is 0. The Morgan fingerprint density at radius 2 is 2.00 bits per heavy atom. The summed E-state index contributed by atoms with van der Waals surface area (Å²) in [5.74, 6) is 1.25. The van der Waals surface area contributed by atoms with Crippen LogP contribution in [-0.4, -0.2) is 6.91 Å². The molecule has 28 valence electrons. The van der Waals surface area contributed by atoms with Crippen molar-refractivity contribution in [3.05, 3.63) is 26.3 Å². The summed E-state index contributed by atoms with van der Waals surface area (Å²) in [6.07, 6.45) is 0. The SMILES string of the molecule is O=c1bcc1=O. The third-order valence-corrected chi connectivity index (χ3v) is 0.629. The van der Waals surface area contributed by atoms with Gasteiger partial charge in [0.2, 0.25) is 0 Å². The summed E-state index contributed by atoms with van der Waals surface area (Å²) >= 11 is 0. The molecule has 0 aliphatic heterocycles. The fourth-order valence-electron chi connectivity index (χ4n) is 0.219. The van der Waals surface area contributed by atoms with Crippen molar-refractivity contribution in [3.63, 3.8) is 0 Å². The molecule has 0 saturated carbocycles. The molecule has 2 nitrogen and oxygen atoms in total. The molecule has 0 N–H and O–H groups in total. The van der Waals surface area contributed by atoms with E-state index in [4.69, 9.17) is 0 Å². The molecule has 1 aromatic heterocycles. The van der Waals surface area contributed by atoms with Gasteiger partial charge in [-0.15, -0.1) is 0 Å². The van der Waals surface area contributed by atoms with Crippen LogP contribution in [0.1, 0.15) is 0 Å². The van der Waals surface area contributed by atoms with E-state index in [1.807, 2.05) is 0 Å². The fourth-order valence-corrected chi connectivity index (χ4v) is 0.219. The molecular weight excluding hydrogens is 78.8 g/mol. The molecular formula is C3HBO2. The molecule has 0 aromatic carbocycles. The quantitative estimate of drug-likeness (QED) is 0.360. The summed E-state index contributed by atoms with van der Waals surface area (Å²) in [5.41, 5.74) is -0.380. The first-order chi connectivity index (χ1) is 2.80. The summed E-state index contributed by atoms with van der Waals surface area (Å²) in [6, 6.07) is 0. The van der Waals surface area contributed by atoms with Crippen molar-refractivity contribution >= 4 is 6.91 Å². The predicted molar refractivity (Wildman–Crippen MR) is 22.7 cm³/mol. The number of rotatable bonds is 0. The molecule has 0 spiro atoms. The standard InChI is InChI=1S/C3HBO2/c5-2-1-4-3(2)6/h1H. The Labute approximate surface area is 34.3 Å². The van der Waals surface area contributed by atoms with Gasteiger partial charge in [0.05, 0.1) is 0 Å². The maximum absolute atomic E-state index is 9.79. The van der Waals surface area contributed by atoms with Crippen LogP contribution in [0.5, 0.6) is 0 Å². The van der Waals surface area contributed by atoms with Gasteiger partial charge in [0.25, 0.3) is 0 Å². The first-order valence-electron chi connectivity index (χ1n) is 1.57. The summed E-state index contributed by atoms with van der Waals surface area (Å²) in [6.45, 7) is 1.25. The average Bonchev–Trinajstić information content (AvgIpc) is 1.61. The molecule has 3 heteroatoms. The first-order valence-corrected chi connectivity index (χ1v) is 1.57. The second-order valence-electron chi connectivity index (χ2n) is 1.06. The van der Waals surface area contributed by atoms with Crippen molar-refractivity contribution in [2.24, 2.45) is 0 Å². The van der Waals surface area contributed by atoms with Crippen LogP contribution in [0.15, 0.2) is 15.6 Å². The molecule has 6 heavy (non-hydrogen) atoms. The zero-order valence-corrected chi connectivity index (χ0v) is 2.97. The zero-order valence-electron chi connectivity index (χ0n) is 2.97. The van der Waals surface area contributed by atoms with E-state index >= 15 is 0 Å². The van der Waals surface area contributed by atoms with Gasteiger partial charge in [0.15, 0.2) is 0 Å². The van der Waals surface area contributed by atoms with Crippen molar-refractivity contribution in [2.75, 3.05) is 0 Å². The van der Waals surface area contributed by atoms with Gasteiger partial charge >= 0.3 is 33.2 Å². The normalized spacial score (nSPS) is 8.67. The Balaban J connectivity index is 3.58. The minimum atomic E-state index is -0.380. The molecule has 0 radical (unpaired) electrons. The van der Waals surface area contributed by atoms with Crippen molar-refractivity contribution in [1.29, 1.82) is 0 Å². The molecule has 0 unspecified atom stereocenters. The van der Waals surface area contributed by atoms with Crippen LogP contribution >= 0.6 is 0 Å². The van der Waals surface area contributed by atoms with Gasteiger partial charge in [-0.1, -0.05) is 0 Å². The van der Waals surface area contributed by atoms with Crippen molar-refractivity contribution in [2.45, 2.75) is 0 Å². The van der Waals surface area contributed by atoms with Gasteiger partial charge in [-0.05, 0) is 0 Å². The van der Waals surface area contributed by atoms with E-state index in [1.54, 1.807) is 0 Å². The molecule has 0 aliphatic rings. The summed E-state index contributed by atoms with van der Waals surface area (Å²) in [4.78, 5) is 19.6. The van der Waals surface area contributed by atoms with E-state index in [0.29, 0.717) is 0 Å². The fraction of sp³-hybridized carbons (Fsp3) is 0. The molecule has 1 rings (SSSR count). The van der Waals surface area contributed by atoms with E-state index in [1.165, 1.54) is 12.9 Å². The number of hydrogen-bond donors (Lipinski definition) is 0. The molecule has 1 heterocycles. The Bertz CT molecular complexity index is 184. The van der Waals surface area contributed by atoms with Crippen molar-refractivity contribution < 1.29 is 0 Å². The van der Waals surface area contributed by atoms with Gasteiger partial charge in [0, 0.05) is 0 Å². The third-order valence-electron chi connectivity index (χ3n) is 0.629. The van der Waals surface area contributed by atoms with Crippen LogP contribution in [0.25, 0.3) is 0 Å². The van der Waals surface area contributed by atoms with E-state index in [2.05, 4.69) is 0 Å². The average molecular weight is 79.9 g/mol. The third kappa shape index (κ3) is 0.248. The first kappa shape index (κ1) is 3.46. The van der Waals surface area contributed by atoms with E-state index < -0.39 is 0 Å². The van der Waals surface area contributed by atoms with Crippen LogP contribution < -0.4 is 10.8 Å². The topological polar surface area (TPSA) is 34.1 Å². The van der Waals surface area contributed by atoms with Gasteiger partial charge in [-0.3, -0.25) is 0 Å². The zero-order chi connectivity index (χ0) is 4.57. The second-order valence-corrected chi connectivity index (χ2v) is 1.06. The Morgan fingerprint density at radius 3 is 2.00 bits per heavy atom. The Kier molecular flexibility index (Phi) is 0.500. The molecule has 1 aromatic rings. The van der Waals surface area contributed by atoms with E-state index in [-0.39, 0.29) is 10.8 Å². The molecule has 0 amide bonds. The van der Waals surface area contributed by atoms with Crippen LogP contribution in [-0.2, 0) is 0 Å². The van der Waals surface area contributed by atoms with Crippen LogP contribution in [0, 0.1) is 0 Å². The van der Waals surface area contributed by atoms with Gasteiger partial charge in [-0.25, -0.2) is 0 Å². The van der Waals surface area contributed by atoms with Crippen LogP contribution in [0.2, 0.25) is 0 Å². The predicted octanol–water partition coefficient (Wildman–Crippen LogP) is -1.38. The number of hydrogen-bond acceptors (Lipinski definition) is 2. The van der Waals surface area contributed by atoms with Crippen molar-refractivity contribution in [3.8, 4) is 0 Å². The van der Waals surface area contributed by atoms with Gasteiger partial charge in [-0.2, -0.15) is 0 Å². The van der Waals surface area contributed by atoms with E-state index in [0.717, 1.165) is 0 Å². The Hall–Kier alpha value is -0.725. The summed E-state index contributed by atoms with van der Waals surface area (Å²) in [5, 5.41) is -0.380. The maximum atomic E-state index is 9.79. The monoisotopic (exact) mass is 80.0 g/mol. The van der Waals surface area contributed by atoms with Gasteiger partial charge in [0.1, 0.15) is 0 Å². The molecule has 0 aliphatic carbocycles. The molecule has 0 atom stereocenters. The van der Waals surface area contributed by atoms with Gasteiger partial charge < -0.3 is 0 Å².